The number of amides is 2. The molecule has 1 rings (SSSR count). The van der Waals surface area contributed by atoms with E-state index in [1.807, 2.05) is 53.8 Å². The first-order chi connectivity index (χ1) is 21.3. The Bertz CT molecular complexity index is 890. The van der Waals surface area contributed by atoms with Gasteiger partial charge in [-0.2, -0.15) is 0 Å². The van der Waals surface area contributed by atoms with Crippen LogP contribution in [0, 0.1) is 11.8 Å². The maximum atomic E-state index is 12.4. The number of allylic oxidation sites excluding steroid dienone is 3. The van der Waals surface area contributed by atoms with Gasteiger partial charge in [0, 0.05) is 40.2 Å². The summed E-state index contributed by atoms with van der Waals surface area (Å²) in [6.07, 6.45) is 11.1. The lowest BCUT2D eigenvalue weighted by Crippen LogP contribution is -2.49. The van der Waals surface area contributed by atoms with E-state index in [2.05, 4.69) is 37.7 Å². The van der Waals surface area contributed by atoms with Crippen LogP contribution in [-0.2, 0) is 23.9 Å². The maximum Gasteiger partial charge on any atom is 0.222 e. The molecule has 262 valence electrons. The summed E-state index contributed by atoms with van der Waals surface area (Å²) >= 11 is 0. The lowest BCUT2D eigenvalue weighted by atomic mass is 9.91. The molecule has 0 saturated carbocycles. The molecule has 1 fully saturated rings. The minimum absolute atomic E-state index is 0.0496. The Kier molecular flexibility index (Phi) is 25.7. The van der Waals surface area contributed by atoms with Crippen molar-refractivity contribution in [1.82, 2.24) is 15.1 Å². The van der Waals surface area contributed by atoms with Crippen molar-refractivity contribution in [2.45, 2.75) is 130 Å². The zero-order valence-corrected chi connectivity index (χ0v) is 30.5. The second-order valence-electron chi connectivity index (χ2n) is 12.0. The SMILES string of the molecule is C=C/C=C(\C=C/C)C(O)[C@@H](C)NC(=O)CC(OC)C1CCCN1C.CC.CCC(C)C(C(CC=O)OC)N(C)C(=O)CC(C)C. The number of nitrogens with zero attached hydrogens (tertiary/aromatic N) is 2. The zero-order chi connectivity index (χ0) is 35.1. The first-order valence-electron chi connectivity index (χ1n) is 16.7. The molecule has 9 heteroatoms. The minimum Gasteiger partial charge on any atom is -0.386 e. The van der Waals surface area contributed by atoms with E-state index in [1.54, 1.807) is 38.2 Å². The molecule has 0 aromatic heterocycles. The van der Waals surface area contributed by atoms with E-state index in [4.69, 9.17) is 9.47 Å². The van der Waals surface area contributed by atoms with Gasteiger partial charge in [-0.25, -0.2) is 0 Å². The summed E-state index contributed by atoms with van der Waals surface area (Å²) in [6.45, 7) is 20.6. The number of aliphatic hydroxyl groups is 1. The monoisotopic (exact) mass is 638 g/mol. The highest BCUT2D eigenvalue weighted by Gasteiger charge is 2.33. The fraction of sp³-hybridized carbons (Fsp3) is 0.750. The Morgan fingerprint density at radius 2 is 1.76 bits per heavy atom. The molecular formula is C36H67N3O6. The number of hydrogen-bond acceptors (Lipinski definition) is 7. The van der Waals surface area contributed by atoms with E-state index < -0.39 is 12.1 Å². The normalized spacial score (nSPS) is 19.2. The highest BCUT2D eigenvalue weighted by molar-refractivity contribution is 5.77. The van der Waals surface area contributed by atoms with Gasteiger partial charge in [-0.15, -0.1) is 0 Å². The fourth-order valence-electron chi connectivity index (χ4n) is 5.60. The minimum atomic E-state index is -0.779. The first-order valence-corrected chi connectivity index (χ1v) is 16.7. The summed E-state index contributed by atoms with van der Waals surface area (Å²) < 4.78 is 11.0. The number of carbonyl (C=O) groups is 3. The molecule has 0 spiro atoms. The molecular weight excluding hydrogens is 570 g/mol. The second kappa shape index (κ2) is 25.8. The third-order valence-electron chi connectivity index (χ3n) is 8.23. The van der Waals surface area contributed by atoms with Gasteiger partial charge in [0.1, 0.15) is 6.29 Å². The number of methoxy groups -OCH3 is 2. The lowest BCUT2D eigenvalue weighted by molar-refractivity contribution is -0.138. The molecule has 1 saturated heterocycles. The van der Waals surface area contributed by atoms with Crippen LogP contribution >= 0.6 is 0 Å². The van der Waals surface area contributed by atoms with Crippen molar-refractivity contribution in [2.75, 3.05) is 34.9 Å². The van der Waals surface area contributed by atoms with E-state index in [1.165, 1.54) is 0 Å². The number of aliphatic hydroxyl groups excluding tert-OH is 1. The topological polar surface area (TPSA) is 108 Å². The van der Waals surface area contributed by atoms with E-state index in [9.17, 15) is 19.5 Å². The number of ether oxygens (including phenoxy) is 2. The van der Waals surface area contributed by atoms with E-state index >= 15 is 0 Å². The highest BCUT2D eigenvalue weighted by Crippen LogP contribution is 2.23. The van der Waals surface area contributed by atoms with Gasteiger partial charge in [0.15, 0.2) is 0 Å². The zero-order valence-electron chi connectivity index (χ0n) is 30.5. The van der Waals surface area contributed by atoms with Gasteiger partial charge in [-0.05, 0) is 57.7 Å². The number of carbonyl (C=O) groups excluding carboxylic acids is 3. The standard InChI is InChI=1S/C19H32N2O3.C15H29NO3.C2H6/c1-6-9-15(10-7-2)19(23)14(3)20-18(22)13-17(24-5)16-11-8-12-21(16)4;1-7-12(4)15(13(19-6)8-9-17)16(5)14(18)10-11(2)3;1-2/h6-7,9-10,14,16-17,19,23H,1,8,11-13H2,2-5H3,(H,20,22);9,11-13,15H,7-8,10H2,1-6H3;1-2H3/b10-7-,15-9+;;/t14-,16?,17?,19?;;/m1../s1. The van der Waals surface area contributed by atoms with Crippen LogP contribution in [0.15, 0.2) is 36.5 Å². The van der Waals surface area contributed by atoms with Gasteiger partial charge in [0.05, 0.1) is 36.8 Å². The van der Waals surface area contributed by atoms with Crippen LogP contribution in [0.5, 0.6) is 0 Å². The van der Waals surface area contributed by atoms with Gasteiger partial charge in [-0.1, -0.05) is 78.8 Å². The van der Waals surface area contributed by atoms with Crippen LogP contribution in [0.4, 0.5) is 0 Å². The van der Waals surface area contributed by atoms with Crippen LogP contribution in [0.2, 0.25) is 0 Å². The van der Waals surface area contributed by atoms with Crippen molar-refractivity contribution in [3.05, 3.63) is 36.5 Å². The molecule has 9 nitrogen and oxygen atoms in total. The van der Waals surface area contributed by atoms with Crippen molar-refractivity contribution >= 4 is 18.1 Å². The highest BCUT2D eigenvalue weighted by atomic mass is 16.5. The molecule has 1 aliphatic rings. The van der Waals surface area contributed by atoms with Crippen molar-refractivity contribution in [3.8, 4) is 0 Å². The lowest BCUT2D eigenvalue weighted by Gasteiger charge is -2.37. The third kappa shape index (κ3) is 16.7. The number of nitrogens with one attached hydrogen (secondary N) is 1. The number of aldehydes is 1. The Hall–Kier alpha value is -2.33. The summed E-state index contributed by atoms with van der Waals surface area (Å²) in [5.74, 6) is 0.644. The molecule has 2 N–H and O–H groups in total. The first kappa shape index (κ1) is 44.8. The van der Waals surface area contributed by atoms with Crippen LogP contribution in [0.1, 0.15) is 93.9 Å². The molecule has 6 unspecified atom stereocenters. The van der Waals surface area contributed by atoms with Gasteiger partial charge < -0.3 is 34.5 Å². The summed E-state index contributed by atoms with van der Waals surface area (Å²) in [6, 6.07) is -0.162. The third-order valence-corrected chi connectivity index (χ3v) is 8.23. The molecule has 1 heterocycles. The van der Waals surface area contributed by atoms with E-state index in [0.717, 1.165) is 37.7 Å². The summed E-state index contributed by atoms with van der Waals surface area (Å²) in [5, 5.41) is 13.3. The Morgan fingerprint density at radius 3 is 2.18 bits per heavy atom. The van der Waals surface area contributed by atoms with Gasteiger partial charge in [0.25, 0.3) is 0 Å². The molecule has 45 heavy (non-hydrogen) atoms. The number of likely N-dealkylation sites (tertiary alicyclic amines) is 1. The second-order valence-corrected chi connectivity index (χ2v) is 12.0. The molecule has 0 radical (unpaired) electrons. The Balaban J connectivity index is 0. The molecule has 0 aromatic rings. The fourth-order valence-corrected chi connectivity index (χ4v) is 5.60. The van der Waals surface area contributed by atoms with Crippen molar-refractivity contribution in [1.29, 1.82) is 0 Å². The van der Waals surface area contributed by atoms with E-state index in [-0.39, 0.29) is 36.1 Å². The largest absolute Gasteiger partial charge is 0.386 e. The van der Waals surface area contributed by atoms with Crippen LogP contribution in [0.25, 0.3) is 0 Å². The van der Waals surface area contributed by atoms with Crippen LogP contribution in [-0.4, -0.2) is 104 Å². The molecule has 0 bridgehead atoms. The van der Waals surface area contributed by atoms with Gasteiger partial charge in [0.2, 0.25) is 11.8 Å². The van der Waals surface area contributed by atoms with Gasteiger partial charge in [-0.3, -0.25) is 9.59 Å². The predicted octanol–water partition coefficient (Wildman–Crippen LogP) is 5.58. The molecule has 1 aliphatic heterocycles. The Labute approximate surface area is 275 Å². The maximum absolute atomic E-state index is 12.4. The van der Waals surface area contributed by atoms with Gasteiger partial charge >= 0.3 is 0 Å². The van der Waals surface area contributed by atoms with Crippen molar-refractivity contribution < 1.29 is 29.0 Å². The summed E-state index contributed by atoms with van der Waals surface area (Å²) in [5.41, 5.74) is 0.721. The number of rotatable bonds is 18. The molecule has 2 amide bonds. The molecule has 0 aliphatic carbocycles. The number of likely N-dealkylation sites (N-methyl/N-ethyl adjacent to an activating group) is 2. The summed E-state index contributed by atoms with van der Waals surface area (Å²) in [4.78, 5) is 39.4. The molecule has 7 atom stereocenters. The van der Waals surface area contributed by atoms with E-state index in [0.29, 0.717) is 31.1 Å². The number of hydrogen-bond donors (Lipinski definition) is 2. The Morgan fingerprint density at radius 1 is 1.13 bits per heavy atom. The van der Waals surface area contributed by atoms with Crippen LogP contribution < -0.4 is 5.32 Å². The van der Waals surface area contributed by atoms with Crippen molar-refractivity contribution in [2.24, 2.45) is 11.8 Å². The quantitative estimate of drug-likeness (QED) is 0.149. The van der Waals surface area contributed by atoms with Crippen LogP contribution in [0.3, 0.4) is 0 Å². The summed E-state index contributed by atoms with van der Waals surface area (Å²) in [7, 11) is 7.14. The molecule has 0 aromatic carbocycles. The van der Waals surface area contributed by atoms with Crippen molar-refractivity contribution in [3.63, 3.8) is 0 Å². The average molecular weight is 638 g/mol. The average Bonchev–Trinajstić information content (AvgIpc) is 3.45. The predicted molar refractivity (Wildman–Crippen MR) is 186 cm³/mol. The smallest absolute Gasteiger partial charge is 0.222 e.